The van der Waals surface area contributed by atoms with Gasteiger partial charge in [0.2, 0.25) is 0 Å². The van der Waals surface area contributed by atoms with Crippen LogP contribution in [-0.4, -0.2) is 41.8 Å². The fourth-order valence-corrected chi connectivity index (χ4v) is 2.90. The SMILES string of the molecule is CCO/C=C(/C(=O)O)c1ccccc1/C(=N\OCCCc1ccccn1)OCC1CC1. The Morgan fingerprint density at radius 1 is 1.19 bits per heavy atom. The number of aromatic nitrogens is 1. The molecule has 1 N–H and O–H groups in total. The van der Waals surface area contributed by atoms with E-state index < -0.39 is 5.97 Å². The molecular formula is C24H28N2O5. The molecule has 1 saturated carbocycles. The van der Waals surface area contributed by atoms with Gasteiger partial charge in [0.05, 0.1) is 19.5 Å². The van der Waals surface area contributed by atoms with Crippen LogP contribution in [0.1, 0.15) is 43.0 Å². The summed E-state index contributed by atoms with van der Waals surface area (Å²) in [4.78, 5) is 21.7. The number of hydrogen-bond donors (Lipinski definition) is 1. The first-order valence-electron chi connectivity index (χ1n) is 10.6. The van der Waals surface area contributed by atoms with Crippen molar-refractivity contribution >= 4 is 17.4 Å². The Labute approximate surface area is 182 Å². The van der Waals surface area contributed by atoms with Crippen LogP contribution in [0.25, 0.3) is 5.57 Å². The van der Waals surface area contributed by atoms with Crippen LogP contribution < -0.4 is 0 Å². The van der Waals surface area contributed by atoms with Gasteiger partial charge in [0.1, 0.15) is 12.2 Å². The lowest BCUT2D eigenvalue weighted by Crippen LogP contribution is -2.14. The zero-order valence-corrected chi connectivity index (χ0v) is 17.7. The highest BCUT2D eigenvalue weighted by Crippen LogP contribution is 2.30. The molecule has 7 nitrogen and oxygen atoms in total. The second-order valence-corrected chi connectivity index (χ2v) is 7.25. The number of nitrogens with zero attached hydrogens (tertiary/aromatic N) is 2. The minimum atomic E-state index is -1.08. The number of ether oxygens (including phenoxy) is 2. The molecule has 2 aromatic rings. The summed E-state index contributed by atoms with van der Waals surface area (Å²) in [6.07, 6.45) is 6.82. The van der Waals surface area contributed by atoms with E-state index in [2.05, 4.69) is 10.1 Å². The van der Waals surface area contributed by atoms with Crippen LogP contribution in [0.3, 0.4) is 0 Å². The lowest BCUT2D eigenvalue weighted by molar-refractivity contribution is -0.130. The van der Waals surface area contributed by atoms with Crippen molar-refractivity contribution in [3.05, 3.63) is 71.7 Å². The third-order valence-electron chi connectivity index (χ3n) is 4.74. The minimum absolute atomic E-state index is 0.0373. The summed E-state index contributed by atoms with van der Waals surface area (Å²) in [7, 11) is 0. The minimum Gasteiger partial charge on any atom is -0.501 e. The van der Waals surface area contributed by atoms with Crippen molar-refractivity contribution in [3.8, 4) is 0 Å². The molecular weight excluding hydrogens is 396 g/mol. The summed E-state index contributed by atoms with van der Waals surface area (Å²) in [5, 5.41) is 13.9. The number of pyridine rings is 1. The van der Waals surface area contributed by atoms with E-state index in [0.717, 1.165) is 31.4 Å². The number of carbonyl (C=O) groups is 1. The Morgan fingerprint density at radius 3 is 2.65 bits per heavy atom. The topological polar surface area (TPSA) is 90.2 Å². The van der Waals surface area contributed by atoms with Gasteiger partial charge < -0.3 is 19.4 Å². The maximum absolute atomic E-state index is 11.8. The lowest BCUT2D eigenvalue weighted by atomic mass is 10.0. The van der Waals surface area contributed by atoms with Gasteiger partial charge in [-0.2, -0.15) is 0 Å². The maximum atomic E-state index is 11.8. The Kier molecular flexibility index (Phi) is 8.46. The molecule has 0 bridgehead atoms. The summed E-state index contributed by atoms with van der Waals surface area (Å²) >= 11 is 0. The highest BCUT2D eigenvalue weighted by Gasteiger charge is 2.25. The number of benzene rings is 1. The lowest BCUT2D eigenvalue weighted by Gasteiger charge is -2.13. The molecule has 1 heterocycles. The Balaban J connectivity index is 1.74. The molecule has 0 unspecified atom stereocenters. The highest BCUT2D eigenvalue weighted by atomic mass is 16.6. The van der Waals surface area contributed by atoms with E-state index in [9.17, 15) is 9.90 Å². The Bertz CT molecular complexity index is 907. The molecule has 1 fully saturated rings. The van der Waals surface area contributed by atoms with Gasteiger partial charge in [-0.3, -0.25) is 4.98 Å². The third kappa shape index (κ3) is 7.13. The summed E-state index contributed by atoms with van der Waals surface area (Å²) in [5.74, 6) is -0.290. The van der Waals surface area contributed by atoms with Gasteiger partial charge in [-0.1, -0.05) is 24.3 Å². The summed E-state index contributed by atoms with van der Waals surface area (Å²) in [6.45, 7) is 3.10. The first-order chi connectivity index (χ1) is 15.2. The van der Waals surface area contributed by atoms with Gasteiger partial charge in [0.25, 0.3) is 5.90 Å². The van der Waals surface area contributed by atoms with Crippen LogP contribution in [0.5, 0.6) is 0 Å². The quantitative estimate of drug-likeness (QED) is 0.137. The number of aliphatic carboxylic acids is 1. The average molecular weight is 424 g/mol. The molecule has 0 amide bonds. The summed E-state index contributed by atoms with van der Waals surface area (Å²) < 4.78 is 11.2. The van der Waals surface area contributed by atoms with Crippen molar-refractivity contribution < 1.29 is 24.2 Å². The highest BCUT2D eigenvalue weighted by molar-refractivity contribution is 6.18. The van der Waals surface area contributed by atoms with Crippen molar-refractivity contribution in [3.63, 3.8) is 0 Å². The fourth-order valence-electron chi connectivity index (χ4n) is 2.90. The smallest absolute Gasteiger partial charge is 0.339 e. The molecule has 0 radical (unpaired) electrons. The van der Waals surface area contributed by atoms with Crippen molar-refractivity contribution in [1.82, 2.24) is 4.98 Å². The molecule has 1 aromatic heterocycles. The van der Waals surface area contributed by atoms with Crippen LogP contribution in [0.4, 0.5) is 0 Å². The first-order valence-corrected chi connectivity index (χ1v) is 10.6. The zero-order valence-electron chi connectivity index (χ0n) is 17.7. The normalized spacial score (nSPS) is 14.2. The predicted octanol–water partition coefficient (Wildman–Crippen LogP) is 4.28. The van der Waals surface area contributed by atoms with Crippen molar-refractivity contribution in [1.29, 1.82) is 0 Å². The maximum Gasteiger partial charge on any atom is 0.339 e. The standard InChI is InChI=1S/C24H28N2O5/c1-2-29-17-22(24(27)28)20-10-3-4-11-21(20)23(30-16-18-12-13-18)26-31-15-7-9-19-8-5-6-14-25-19/h3-6,8,10-11,14,17-18H,2,7,9,12-13,15-16H2,1H3,(H,27,28)/b22-17+,26-23+. The van der Waals surface area contributed by atoms with Crippen LogP contribution in [0.15, 0.2) is 60.1 Å². The molecule has 3 rings (SSSR count). The molecule has 7 heteroatoms. The number of carboxylic acid groups (broad SMARTS) is 1. The number of hydrogen-bond acceptors (Lipinski definition) is 6. The van der Waals surface area contributed by atoms with E-state index >= 15 is 0 Å². The van der Waals surface area contributed by atoms with Crippen LogP contribution in [0.2, 0.25) is 0 Å². The molecule has 0 aliphatic heterocycles. The fraction of sp³-hybridized carbons (Fsp3) is 0.375. The summed E-state index contributed by atoms with van der Waals surface area (Å²) in [6, 6.07) is 12.9. The third-order valence-corrected chi connectivity index (χ3v) is 4.74. The largest absolute Gasteiger partial charge is 0.501 e. The van der Waals surface area contributed by atoms with Crippen LogP contribution in [0, 0.1) is 5.92 Å². The zero-order chi connectivity index (χ0) is 21.9. The van der Waals surface area contributed by atoms with E-state index in [0.29, 0.717) is 36.9 Å². The van der Waals surface area contributed by atoms with E-state index in [4.69, 9.17) is 14.3 Å². The monoisotopic (exact) mass is 424 g/mol. The van der Waals surface area contributed by atoms with Crippen molar-refractivity contribution in [2.45, 2.75) is 32.6 Å². The van der Waals surface area contributed by atoms with Crippen molar-refractivity contribution in [2.24, 2.45) is 11.1 Å². The number of rotatable bonds is 12. The van der Waals surface area contributed by atoms with Crippen molar-refractivity contribution in [2.75, 3.05) is 19.8 Å². The number of carboxylic acids is 1. The van der Waals surface area contributed by atoms with E-state index in [1.165, 1.54) is 6.26 Å². The van der Waals surface area contributed by atoms with Gasteiger partial charge in [0, 0.05) is 23.0 Å². The van der Waals surface area contributed by atoms with Gasteiger partial charge in [-0.05, 0) is 61.9 Å². The second-order valence-electron chi connectivity index (χ2n) is 7.25. The Morgan fingerprint density at radius 2 is 1.97 bits per heavy atom. The predicted molar refractivity (Wildman–Crippen MR) is 117 cm³/mol. The molecule has 1 aliphatic rings. The first kappa shape index (κ1) is 22.3. The molecule has 0 atom stereocenters. The molecule has 31 heavy (non-hydrogen) atoms. The van der Waals surface area contributed by atoms with Crippen LogP contribution >= 0.6 is 0 Å². The van der Waals surface area contributed by atoms with Gasteiger partial charge in [0.15, 0.2) is 0 Å². The molecule has 0 saturated heterocycles. The number of oxime groups is 1. The second kappa shape index (κ2) is 11.7. The van der Waals surface area contributed by atoms with E-state index in [1.807, 2.05) is 24.3 Å². The molecule has 1 aromatic carbocycles. The molecule has 1 aliphatic carbocycles. The van der Waals surface area contributed by atoms with E-state index in [-0.39, 0.29) is 11.5 Å². The summed E-state index contributed by atoms with van der Waals surface area (Å²) in [5.41, 5.74) is 2.06. The number of aryl methyl sites for hydroxylation is 1. The van der Waals surface area contributed by atoms with Gasteiger partial charge in [-0.15, -0.1) is 0 Å². The molecule has 0 spiro atoms. The van der Waals surface area contributed by atoms with E-state index in [1.54, 1.807) is 31.3 Å². The molecule has 164 valence electrons. The average Bonchev–Trinajstić information content (AvgIpc) is 3.61. The Hall–Kier alpha value is -3.35. The van der Waals surface area contributed by atoms with Crippen LogP contribution in [-0.2, 0) is 25.5 Å². The van der Waals surface area contributed by atoms with Gasteiger partial charge >= 0.3 is 5.97 Å². The van der Waals surface area contributed by atoms with Gasteiger partial charge in [-0.25, -0.2) is 4.79 Å².